The van der Waals surface area contributed by atoms with E-state index in [-0.39, 0.29) is 11.8 Å². The number of halogens is 1. The standard InChI is InChI=1S/C25H27FN8O2/c26-21-2-1-17(12-28-21)15-32-5-3-19(4-6-32)34-16-29-22-24(33-7-9-36-10-8-33)30-23(31-25(22)34)18-11-20(35)14-27-13-18/h1-2,11-14,16,19,35H,3-10,15H2. The Morgan fingerprint density at radius 1 is 1.00 bits per heavy atom. The van der Waals surface area contributed by atoms with E-state index in [0.29, 0.717) is 24.6 Å². The second-order valence-electron chi connectivity index (χ2n) is 9.22. The fraction of sp³-hybridized carbons (Fsp3) is 0.400. The van der Waals surface area contributed by atoms with Crippen LogP contribution in [-0.4, -0.2) is 78.9 Å². The van der Waals surface area contributed by atoms with E-state index in [1.54, 1.807) is 24.5 Å². The maximum atomic E-state index is 13.1. The molecule has 10 nitrogen and oxygen atoms in total. The van der Waals surface area contributed by atoms with Crippen LogP contribution in [0, 0.1) is 5.95 Å². The van der Waals surface area contributed by atoms with Gasteiger partial charge in [0.05, 0.1) is 25.7 Å². The number of hydrogen-bond donors (Lipinski definition) is 1. The van der Waals surface area contributed by atoms with Crippen molar-refractivity contribution in [1.82, 2.24) is 34.4 Å². The lowest BCUT2D eigenvalue weighted by atomic mass is 10.0. The first-order chi connectivity index (χ1) is 17.6. The second-order valence-corrected chi connectivity index (χ2v) is 9.22. The monoisotopic (exact) mass is 490 g/mol. The molecule has 0 aliphatic carbocycles. The van der Waals surface area contributed by atoms with Gasteiger partial charge >= 0.3 is 0 Å². The van der Waals surface area contributed by atoms with Gasteiger partial charge in [-0.25, -0.2) is 19.9 Å². The molecule has 0 aromatic carbocycles. The molecule has 6 rings (SSSR count). The van der Waals surface area contributed by atoms with Crippen molar-refractivity contribution in [2.24, 2.45) is 0 Å². The molecule has 0 bridgehead atoms. The first kappa shape index (κ1) is 22.7. The highest BCUT2D eigenvalue weighted by atomic mass is 19.1. The maximum absolute atomic E-state index is 13.1. The number of pyridine rings is 2. The van der Waals surface area contributed by atoms with Gasteiger partial charge in [0.1, 0.15) is 5.75 Å². The average molecular weight is 491 g/mol. The Hall–Kier alpha value is -3.70. The summed E-state index contributed by atoms with van der Waals surface area (Å²) in [7, 11) is 0. The topological polar surface area (TPSA) is 105 Å². The summed E-state index contributed by atoms with van der Waals surface area (Å²) >= 11 is 0. The number of anilines is 1. The van der Waals surface area contributed by atoms with Crippen LogP contribution in [0.1, 0.15) is 24.4 Å². The number of rotatable bonds is 5. The fourth-order valence-corrected chi connectivity index (χ4v) is 4.96. The van der Waals surface area contributed by atoms with Gasteiger partial charge in [-0.05, 0) is 30.5 Å². The summed E-state index contributed by atoms with van der Waals surface area (Å²) in [4.78, 5) is 26.9. The molecule has 36 heavy (non-hydrogen) atoms. The lowest BCUT2D eigenvalue weighted by Gasteiger charge is -2.32. The van der Waals surface area contributed by atoms with Crippen LogP contribution in [0.5, 0.6) is 5.75 Å². The van der Waals surface area contributed by atoms with Crippen LogP contribution >= 0.6 is 0 Å². The molecule has 6 heterocycles. The third kappa shape index (κ3) is 4.59. The quantitative estimate of drug-likeness (QED) is 0.423. The molecular formula is C25H27FN8O2. The van der Waals surface area contributed by atoms with Crippen molar-refractivity contribution in [2.45, 2.75) is 25.4 Å². The third-order valence-corrected chi connectivity index (χ3v) is 6.84. The van der Waals surface area contributed by atoms with E-state index in [1.165, 1.54) is 12.3 Å². The molecule has 4 aromatic rings. The normalized spacial score (nSPS) is 17.6. The van der Waals surface area contributed by atoms with Gasteiger partial charge in [0, 0.05) is 56.7 Å². The molecular weight excluding hydrogens is 463 g/mol. The first-order valence-electron chi connectivity index (χ1n) is 12.2. The van der Waals surface area contributed by atoms with Crippen molar-refractivity contribution in [3.05, 3.63) is 54.6 Å². The number of imidazole rings is 1. The van der Waals surface area contributed by atoms with Gasteiger partial charge in [-0.15, -0.1) is 0 Å². The zero-order valence-electron chi connectivity index (χ0n) is 19.8. The Balaban J connectivity index is 1.29. The molecule has 0 amide bonds. The Labute approximate surface area is 207 Å². The lowest BCUT2D eigenvalue weighted by molar-refractivity contribution is 0.122. The summed E-state index contributed by atoms with van der Waals surface area (Å²) in [5, 5.41) is 9.98. The van der Waals surface area contributed by atoms with Crippen LogP contribution in [0.25, 0.3) is 22.6 Å². The summed E-state index contributed by atoms with van der Waals surface area (Å²) in [6, 6.07) is 5.08. The summed E-state index contributed by atoms with van der Waals surface area (Å²) < 4.78 is 20.8. The van der Waals surface area contributed by atoms with E-state index in [0.717, 1.165) is 68.1 Å². The van der Waals surface area contributed by atoms with Crippen molar-refractivity contribution >= 4 is 17.0 Å². The van der Waals surface area contributed by atoms with Crippen molar-refractivity contribution in [1.29, 1.82) is 0 Å². The molecule has 11 heteroatoms. The number of ether oxygens (including phenoxy) is 1. The third-order valence-electron chi connectivity index (χ3n) is 6.84. The molecule has 4 aromatic heterocycles. The van der Waals surface area contributed by atoms with Gasteiger partial charge < -0.3 is 19.3 Å². The Kier molecular flexibility index (Phi) is 6.16. The molecule has 0 spiro atoms. The SMILES string of the molecule is Oc1cncc(-c2nc(N3CCOCC3)c3ncn(C4CCN(Cc5ccc(F)nc5)CC4)c3n2)c1. The Bertz CT molecular complexity index is 1350. The summed E-state index contributed by atoms with van der Waals surface area (Å²) in [5.41, 5.74) is 3.22. The summed E-state index contributed by atoms with van der Waals surface area (Å²) in [6.45, 7) is 5.30. The van der Waals surface area contributed by atoms with E-state index < -0.39 is 5.95 Å². The largest absolute Gasteiger partial charge is 0.506 e. The molecule has 0 radical (unpaired) electrons. The molecule has 0 atom stereocenters. The number of aromatic hydroxyl groups is 1. The van der Waals surface area contributed by atoms with Crippen LogP contribution in [0.3, 0.4) is 0 Å². The first-order valence-corrected chi connectivity index (χ1v) is 12.2. The predicted molar refractivity (Wildman–Crippen MR) is 131 cm³/mol. The van der Waals surface area contributed by atoms with E-state index in [9.17, 15) is 9.50 Å². The summed E-state index contributed by atoms with van der Waals surface area (Å²) in [6.07, 6.45) is 8.42. The highest BCUT2D eigenvalue weighted by Gasteiger charge is 2.26. The minimum atomic E-state index is -0.455. The number of nitrogens with zero attached hydrogens (tertiary/aromatic N) is 8. The highest BCUT2D eigenvalue weighted by Crippen LogP contribution is 2.32. The van der Waals surface area contributed by atoms with E-state index in [1.807, 2.05) is 6.33 Å². The molecule has 2 aliphatic rings. The van der Waals surface area contributed by atoms with Gasteiger partial charge in [-0.2, -0.15) is 4.39 Å². The number of morpholine rings is 1. The van der Waals surface area contributed by atoms with Crippen LogP contribution in [0.15, 0.2) is 43.1 Å². The Morgan fingerprint density at radius 2 is 1.83 bits per heavy atom. The second kappa shape index (κ2) is 9.75. The number of likely N-dealkylation sites (tertiary alicyclic amines) is 1. The van der Waals surface area contributed by atoms with Crippen LogP contribution < -0.4 is 4.90 Å². The number of fused-ring (bicyclic) bond motifs is 1. The van der Waals surface area contributed by atoms with Crippen molar-refractivity contribution in [2.75, 3.05) is 44.3 Å². The zero-order valence-corrected chi connectivity index (χ0v) is 19.8. The van der Waals surface area contributed by atoms with Gasteiger partial charge in [-0.3, -0.25) is 9.88 Å². The van der Waals surface area contributed by atoms with E-state index in [4.69, 9.17) is 19.7 Å². The molecule has 0 unspecified atom stereocenters. The van der Waals surface area contributed by atoms with Gasteiger partial charge in [-0.1, -0.05) is 6.07 Å². The predicted octanol–water partition coefficient (Wildman–Crippen LogP) is 2.80. The number of hydrogen-bond acceptors (Lipinski definition) is 9. The smallest absolute Gasteiger partial charge is 0.212 e. The van der Waals surface area contributed by atoms with Crippen LogP contribution in [0.2, 0.25) is 0 Å². The van der Waals surface area contributed by atoms with Crippen LogP contribution in [0.4, 0.5) is 10.2 Å². The van der Waals surface area contributed by atoms with Crippen molar-refractivity contribution in [3.63, 3.8) is 0 Å². The minimum Gasteiger partial charge on any atom is -0.506 e. The van der Waals surface area contributed by atoms with E-state index in [2.05, 4.69) is 24.3 Å². The molecule has 2 fully saturated rings. The average Bonchev–Trinajstić information content (AvgIpc) is 3.34. The highest BCUT2D eigenvalue weighted by molar-refractivity contribution is 5.86. The van der Waals surface area contributed by atoms with Crippen LogP contribution in [-0.2, 0) is 11.3 Å². The van der Waals surface area contributed by atoms with Gasteiger partial charge in [0.25, 0.3) is 0 Å². The molecule has 2 saturated heterocycles. The van der Waals surface area contributed by atoms with Crippen molar-refractivity contribution in [3.8, 4) is 17.1 Å². The maximum Gasteiger partial charge on any atom is 0.212 e. The van der Waals surface area contributed by atoms with Gasteiger partial charge in [0.15, 0.2) is 22.8 Å². The van der Waals surface area contributed by atoms with Gasteiger partial charge in [0.2, 0.25) is 5.95 Å². The minimum absolute atomic E-state index is 0.0707. The molecule has 2 aliphatic heterocycles. The molecule has 0 saturated carbocycles. The molecule has 186 valence electrons. The van der Waals surface area contributed by atoms with E-state index >= 15 is 0 Å². The zero-order chi connectivity index (χ0) is 24.5. The fourth-order valence-electron chi connectivity index (χ4n) is 4.96. The lowest BCUT2D eigenvalue weighted by Crippen LogP contribution is -2.37. The molecule has 1 N–H and O–H groups in total. The number of piperidine rings is 1. The van der Waals surface area contributed by atoms with Crippen molar-refractivity contribution < 1.29 is 14.2 Å². The number of aromatic nitrogens is 6. The Morgan fingerprint density at radius 3 is 2.58 bits per heavy atom. The summed E-state index contributed by atoms with van der Waals surface area (Å²) in [5.74, 6) is 0.905.